The van der Waals surface area contributed by atoms with E-state index < -0.39 is 0 Å². The SMILES string of the molecule is Nc1cccc(CNC(=O)c2ccc(C(=O)NCc3cccc(N)c3)cc2)c1. The molecule has 28 heavy (non-hydrogen) atoms. The molecule has 0 spiro atoms. The van der Waals surface area contributed by atoms with Crippen molar-refractivity contribution in [1.29, 1.82) is 0 Å². The highest BCUT2D eigenvalue weighted by Gasteiger charge is 2.09. The summed E-state index contributed by atoms with van der Waals surface area (Å²) >= 11 is 0. The van der Waals surface area contributed by atoms with Crippen LogP contribution in [0.15, 0.2) is 72.8 Å². The highest BCUT2D eigenvalue weighted by Crippen LogP contribution is 2.09. The summed E-state index contributed by atoms with van der Waals surface area (Å²) < 4.78 is 0. The molecule has 0 fully saturated rings. The van der Waals surface area contributed by atoms with Gasteiger partial charge in [0.15, 0.2) is 0 Å². The van der Waals surface area contributed by atoms with E-state index in [2.05, 4.69) is 10.6 Å². The zero-order valence-corrected chi connectivity index (χ0v) is 15.3. The first-order valence-corrected chi connectivity index (χ1v) is 8.86. The van der Waals surface area contributed by atoms with Crippen LogP contribution in [0.3, 0.4) is 0 Å². The molecule has 3 rings (SSSR count). The Balaban J connectivity index is 1.54. The summed E-state index contributed by atoms with van der Waals surface area (Å²) in [5.41, 5.74) is 15.6. The first kappa shape index (κ1) is 19.0. The standard InChI is InChI=1S/C22H22N4O2/c23-19-5-1-3-15(11-19)13-25-21(27)17-7-9-18(10-8-17)22(28)26-14-16-4-2-6-20(24)12-16/h1-12H,13-14,23-24H2,(H,25,27)(H,26,28). The van der Waals surface area contributed by atoms with Gasteiger partial charge < -0.3 is 22.1 Å². The third-order valence-corrected chi connectivity index (χ3v) is 4.22. The van der Waals surface area contributed by atoms with E-state index in [0.29, 0.717) is 35.6 Å². The Morgan fingerprint density at radius 1 is 0.643 bits per heavy atom. The molecule has 0 unspecified atom stereocenters. The maximum Gasteiger partial charge on any atom is 0.251 e. The molecule has 0 aliphatic rings. The maximum atomic E-state index is 12.3. The summed E-state index contributed by atoms with van der Waals surface area (Å²) in [4.78, 5) is 24.5. The fourth-order valence-corrected chi connectivity index (χ4v) is 2.75. The van der Waals surface area contributed by atoms with Crippen LogP contribution in [-0.2, 0) is 13.1 Å². The van der Waals surface area contributed by atoms with Gasteiger partial charge in [-0.2, -0.15) is 0 Å². The lowest BCUT2D eigenvalue weighted by Gasteiger charge is -2.08. The number of amides is 2. The minimum Gasteiger partial charge on any atom is -0.399 e. The molecule has 6 nitrogen and oxygen atoms in total. The van der Waals surface area contributed by atoms with Crippen LogP contribution in [0.1, 0.15) is 31.8 Å². The molecular weight excluding hydrogens is 352 g/mol. The van der Waals surface area contributed by atoms with Crippen LogP contribution in [0.25, 0.3) is 0 Å². The van der Waals surface area contributed by atoms with Crippen LogP contribution >= 0.6 is 0 Å². The summed E-state index contributed by atoms with van der Waals surface area (Å²) in [5, 5.41) is 5.67. The lowest BCUT2D eigenvalue weighted by atomic mass is 10.1. The van der Waals surface area contributed by atoms with Gasteiger partial charge in [0.05, 0.1) is 0 Å². The topological polar surface area (TPSA) is 110 Å². The fourth-order valence-electron chi connectivity index (χ4n) is 2.75. The zero-order valence-electron chi connectivity index (χ0n) is 15.3. The van der Waals surface area contributed by atoms with Crippen LogP contribution in [0.2, 0.25) is 0 Å². The van der Waals surface area contributed by atoms with Crippen molar-refractivity contribution in [3.63, 3.8) is 0 Å². The number of nitrogens with two attached hydrogens (primary N) is 2. The summed E-state index contributed by atoms with van der Waals surface area (Å²) in [6.45, 7) is 0.763. The van der Waals surface area contributed by atoms with Gasteiger partial charge in [0, 0.05) is 35.6 Å². The Hall–Kier alpha value is -3.80. The highest BCUT2D eigenvalue weighted by molar-refractivity contribution is 5.97. The van der Waals surface area contributed by atoms with Crippen LogP contribution < -0.4 is 22.1 Å². The summed E-state index contributed by atoms with van der Waals surface area (Å²) in [7, 11) is 0. The lowest BCUT2D eigenvalue weighted by molar-refractivity contribution is 0.0939. The van der Waals surface area contributed by atoms with Gasteiger partial charge in [-0.05, 0) is 59.7 Å². The number of carbonyl (C=O) groups is 2. The number of hydrogen-bond donors (Lipinski definition) is 4. The Kier molecular flexibility index (Phi) is 5.91. The molecule has 142 valence electrons. The van der Waals surface area contributed by atoms with E-state index in [9.17, 15) is 9.59 Å². The average Bonchev–Trinajstić information content (AvgIpc) is 2.70. The molecule has 0 aromatic heterocycles. The number of benzene rings is 3. The molecule has 3 aromatic carbocycles. The number of anilines is 2. The number of nitrogens with one attached hydrogen (secondary N) is 2. The van der Waals surface area contributed by atoms with Gasteiger partial charge in [-0.25, -0.2) is 0 Å². The van der Waals surface area contributed by atoms with E-state index in [1.807, 2.05) is 36.4 Å². The average molecular weight is 374 g/mol. The number of nitrogen functional groups attached to an aromatic ring is 2. The molecule has 6 N–H and O–H groups in total. The molecule has 0 aliphatic carbocycles. The van der Waals surface area contributed by atoms with Crippen molar-refractivity contribution in [3.05, 3.63) is 95.1 Å². The van der Waals surface area contributed by atoms with Gasteiger partial charge >= 0.3 is 0 Å². The van der Waals surface area contributed by atoms with Crippen molar-refractivity contribution < 1.29 is 9.59 Å². The zero-order chi connectivity index (χ0) is 19.9. The van der Waals surface area contributed by atoms with Crippen LogP contribution in [0.4, 0.5) is 11.4 Å². The minimum atomic E-state index is -0.214. The van der Waals surface area contributed by atoms with Crippen molar-refractivity contribution in [3.8, 4) is 0 Å². The number of carbonyl (C=O) groups excluding carboxylic acids is 2. The number of hydrogen-bond acceptors (Lipinski definition) is 4. The Morgan fingerprint density at radius 2 is 1.04 bits per heavy atom. The van der Waals surface area contributed by atoms with Crippen LogP contribution in [0, 0.1) is 0 Å². The second-order valence-corrected chi connectivity index (χ2v) is 6.43. The Bertz CT molecular complexity index is 903. The smallest absolute Gasteiger partial charge is 0.251 e. The van der Waals surface area contributed by atoms with Crippen molar-refractivity contribution >= 4 is 23.2 Å². The van der Waals surface area contributed by atoms with Gasteiger partial charge in [0.1, 0.15) is 0 Å². The molecule has 0 radical (unpaired) electrons. The molecule has 0 heterocycles. The molecule has 6 heteroatoms. The van der Waals surface area contributed by atoms with Gasteiger partial charge in [0.25, 0.3) is 11.8 Å². The molecule has 0 saturated carbocycles. The van der Waals surface area contributed by atoms with E-state index in [0.717, 1.165) is 11.1 Å². The second-order valence-electron chi connectivity index (χ2n) is 6.43. The predicted molar refractivity (Wildman–Crippen MR) is 110 cm³/mol. The maximum absolute atomic E-state index is 12.3. The normalized spacial score (nSPS) is 10.3. The van der Waals surface area contributed by atoms with Crippen molar-refractivity contribution in [1.82, 2.24) is 10.6 Å². The molecule has 0 saturated heterocycles. The van der Waals surface area contributed by atoms with E-state index >= 15 is 0 Å². The monoisotopic (exact) mass is 374 g/mol. The summed E-state index contributed by atoms with van der Waals surface area (Å²) in [6, 6.07) is 21.2. The Morgan fingerprint density at radius 3 is 1.39 bits per heavy atom. The largest absolute Gasteiger partial charge is 0.399 e. The molecule has 0 aliphatic heterocycles. The third kappa shape index (κ3) is 5.11. The summed E-state index contributed by atoms with van der Waals surface area (Å²) in [6.07, 6.45) is 0. The van der Waals surface area contributed by atoms with Crippen molar-refractivity contribution in [2.75, 3.05) is 11.5 Å². The molecule has 0 bridgehead atoms. The quantitative estimate of drug-likeness (QED) is 0.497. The molecular formula is C22H22N4O2. The predicted octanol–water partition coefficient (Wildman–Crippen LogP) is 2.71. The second kappa shape index (κ2) is 8.73. The summed E-state index contributed by atoms with van der Waals surface area (Å²) in [5.74, 6) is -0.428. The van der Waals surface area contributed by atoms with Crippen LogP contribution in [0.5, 0.6) is 0 Å². The van der Waals surface area contributed by atoms with E-state index in [-0.39, 0.29) is 11.8 Å². The molecule has 2 amide bonds. The van der Waals surface area contributed by atoms with E-state index in [1.165, 1.54) is 0 Å². The van der Waals surface area contributed by atoms with E-state index in [1.54, 1.807) is 36.4 Å². The minimum absolute atomic E-state index is 0.214. The third-order valence-electron chi connectivity index (χ3n) is 4.22. The van der Waals surface area contributed by atoms with Gasteiger partial charge in [-0.1, -0.05) is 24.3 Å². The lowest BCUT2D eigenvalue weighted by Crippen LogP contribution is -2.24. The van der Waals surface area contributed by atoms with Crippen molar-refractivity contribution in [2.24, 2.45) is 0 Å². The van der Waals surface area contributed by atoms with Gasteiger partial charge in [0.2, 0.25) is 0 Å². The fraction of sp³-hybridized carbons (Fsp3) is 0.0909. The van der Waals surface area contributed by atoms with Gasteiger partial charge in [-0.3, -0.25) is 9.59 Å². The van der Waals surface area contributed by atoms with Crippen LogP contribution in [-0.4, -0.2) is 11.8 Å². The van der Waals surface area contributed by atoms with Gasteiger partial charge in [-0.15, -0.1) is 0 Å². The molecule has 3 aromatic rings. The van der Waals surface area contributed by atoms with E-state index in [4.69, 9.17) is 11.5 Å². The van der Waals surface area contributed by atoms with Crippen molar-refractivity contribution in [2.45, 2.75) is 13.1 Å². The highest BCUT2D eigenvalue weighted by atomic mass is 16.2. The molecule has 0 atom stereocenters. The Labute approximate surface area is 163 Å². The first-order valence-electron chi connectivity index (χ1n) is 8.86. The number of rotatable bonds is 6. The first-order chi connectivity index (χ1) is 13.5.